The monoisotopic (exact) mass is 314 g/mol. The molecule has 0 aromatic carbocycles. The van der Waals surface area contributed by atoms with Crippen LogP contribution in [0, 0.1) is 0 Å². The van der Waals surface area contributed by atoms with Crippen LogP contribution in [0.2, 0.25) is 0 Å². The van der Waals surface area contributed by atoms with Crippen molar-refractivity contribution in [1.29, 1.82) is 0 Å². The molecule has 1 aromatic rings. The molecule has 1 aliphatic heterocycles. The Labute approximate surface area is 130 Å². The molecule has 0 spiro atoms. The first-order chi connectivity index (χ1) is 9.81. The smallest absolute Gasteiger partial charge is 0.226 e. The van der Waals surface area contributed by atoms with Crippen LogP contribution in [0.5, 0.6) is 0 Å². The maximum absolute atomic E-state index is 11.7. The second-order valence-electron chi connectivity index (χ2n) is 5.77. The highest BCUT2D eigenvalue weighted by atomic mass is 35.5. The lowest BCUT2D eigenvalue weighted by Gasteiger charge is -2.10. The van der Waals surface area contributed by atoms with E-state index < -0.39 is 0 Å². The molecule has 118 valence electrons. The van der Waals surface area contributed by atoms with E-state index in [-0.39, 0.29) is 18.3 Å². The van der Waals surface area contributed by atoms with Crippen molar-refractivity contribution in [3.63, 3.8) is 0 Å². The summed E-state index contributed by atoms with van der Waals surface area (Å²) in [6.45, 7) is 1.81. The maximum atomic E-state index is 11.7. The number of carbonyl (C=O) groups excluding carboxylic acids is 1. The van der Waals surface area contributed by atoms with Gasteiger partial charge in [-0.3, -0.25) is 4.79 Å². The van der Waals surface area contributed by atoms with E-state index in [1.165, 1.54) is 19.3 Å². The van der Waals surface area contributed by atoms with Gasteiger partial charge in [0.2, 0.25) is 11.8 Å². The van der Waals surface area contributed by atoms with Crippen molar-refractivity contribution in [3.05, 3.63) is 11.7 Å². The van der Waals surface area contributed by atoms with Crippen LogP contribution in [-0.2, 0) is 11.2 Å². The van der Waals surface area contributed by atoms with E-state index in [2.05, 4.69) is 20.8 Å². The summed E-state index contributed by atoms with van der Waals surface area (Å²) in [7, 11) is 0. The van der Waals surface area contributed by atoms with Gasteiger partial charge in [-0.2, -0.15) is 4.98 Å². The van der Waals surface area contributed by atoms with Crippen LogP contribution in [0.1, 0.15) is 56.2 Å². The molecule has 6 nitrogen and oxygen atoms in total. The van der Waals surface area contributed by atoms with Crippen LogP contribution in [0.25, 0.3) is 0 Å². The molecule has 7 heteroatoms. The zero-order valence-corrected chi connectivity index (χ0v) is 13.0. The molecule has 0 radical (unpaired) electrons. The summed E-state index contributed by atoms with van der Waals surface area (Å²) in [6, 6.07) is 0.455. The minimum absolute atomic E-state index is 0. The number of carbonyl (C=O) groups is 1. The third-order valence-corrected chi connectivity index (χ3v) is 3.93. The molecular weight excluding hydrogens is 292 g/mol. The molecule has 2 fully saturated rings. The normalized spacial score (nSPS) is 21.0. The first-order valence-electron chi connectivity index (χ1n) is 7.64. The summed E-state index contributed by atoms with van der Waals surface area (Å²) in [6.07, 6.45) is 6.69. The predicted octanol–water partition coefficient (Wildman–Crippen LogP) is 1.56. The fourth-order valence-electron chi connectivity index (χ4n) is 2.53. The number of aryl methyl sites for hydroxylation is 1. The third-order valence-electron chi connectivity index (χ3n) is 3.93. The van der Waals surface area contributed by atoms with E-state index in [9.17, 15) is 4.79 Å². The number of aromatic nitrogens is 2. The van der Waals surface area contributed by atoms with Crippen molar-refractivity contribution in [2.75, 3.05) is 13.1 Å². The predicted molar refractivity (Wildman–Crippen MR) is 80.5 cm³/mol. The molecule has 1 unspecified atom stereocenters. The lowest BCUT2D eigenvalue weighted by atomic mass is 10.2. The molecule has 1 amide bonds. The van der Waals surface area contributed by atoms with Gasteiger partial charge in [-0.05, 0) is 38.6 Å². The van der Waals surface area contributed by atoms with Crippen LogP contribution in [0.3, 0.4) is 0 Å². The van der Waals surface area contributed by atoms with E-state index in [0.717, 1.165) is 31.8 Å². The van der Waals surface area contributed by atoms with Crippen LogP contribution in [-0.4, -0.2) is 35.2 Å². The topological polar surface area (TPSA) is 80.0 Å². The van der Waals surface area contributed by atoms with Gasteiger partial charge >= 0.3 is 0 Å². The minimum atomic E-state index is 0. The van der Waals surface area contributed by atoms with Crippen molar-refractivity contribution in [3.8, 4) is 0 Å². The van der Waals surface area contributed by atoms with E-state index >= 15 is 0 Å². The average molecular weight is 315 g/mol. The van der Waals surface area contributed by atoms with Gasteiger partial charge < -0.3 is 15.2 Å². The Kier molecular flexibility index (Phi) is 5.99. The highest BCUT2D eigenvalue weighted by Crippen LogP contribution is 2.38. The summed E-state index contributed by atoms with van der Waals surface area (Å²) in [5, 5.41) is 10.3. The van der Waals surface area contributed by atoms with E-state index in [4.69, 9.17) is 4.52 Å². The largest absolute Gasteiger partial charge is 0.355 e. The summed E-state index contributed by atoms with van der Waals surface area (Å²) in [4.78, 5) is 16.1. The van der Waals surface area contributed by atoms with Gasteiger partial charge in [0.1, 0.15) is 0 Å². The van der Waals surface area contributed by atoms with Crippen LogP contribution in [0.15, 0.2) is 4.52 Å². The maximum Gasteiger partial charge on any atom is 0.226 e. The Morgan fingerprint density at radius 3 is 2.95 bits per heavy atom. The Balaban J connectivity index is 0.00000161. The van der Waals surface area contributed by atoms with Crippen LogP contribution in [0.4, 0.5) is 0 Å². The first kappa shape index (κ1) is 16.2. The Hall–Kier alpha value is -1.14. The molecule has 2 heterocycles. The zero-order valence-electron chi connectivity index (χ0n) is 12.1. The van der Waals surface area contributed by atoms with Crippen LogP contribution < -0.4 is 10.6 Å². The number of nitrogens with zero attached hydrogens (tertiary/aromatic N) is 2. The van der Waals surface area contributed by atoms with Gasteiger partial charge in [0, 0.05) is 31.3 Å². The van der Waals surface area contributed by atoms with E-state index in [1.807, 2.05) is 0 Å². The molecule has 2 aliphatic rings. The van der Waals surface area contributed by atoms with Gasteiger partial charge in [0.25, 0.3) is 0 Å². The second kappa shape index (κ2) is 7.75. The number of amides is 1. The van der Waals surface area contributed by atoms with Crippen molar-refractivity contribution in [2.24, 2.45) is 0 Å². The van der Waals surface area contributed by atoms with Gasteiger partial charge in [0.15, 0.2) is 5.82 Å². The van der Waals surface area contributed by atoms with E-state index in [0.29, 0.717) is 30.7 Å². The number of halogens is 1. The zero-order chi connectivity index (χ0) is 13.8. The standard InChI is InChI=1S/C14H22N4O2.ClH/c19-12(16-9-11-3-2-8-15-11)4-1-5-13-17-14(18-20-13)10-6-7-10;/h10-11,15H,1-9H2,(H,16,19);1H. The quantitative estimate of drug-likeness (QED) is 0.798. The Morgan fingerprint density at radius 1 is 1.38 bits per heavy atom. The number of rotatable bonds is 7. The minimum Gasteiger partial charge on any atom is -0.355 e. The molecule has 1 saturated carbocycles. The molecule has 0 bridgehead atoms. The third kappa shape index (κ3) is 4.97. The Morgan fingerprint density at radius 2 is 2.24 bits per heavy atom. The van der Waals surface area contributed by atoms with Gasteiger partial charge in [-0.1, -0.05) is 5.16 Å². The van der Waals surface area contributed by atoms with Crippen molar-refractivity contribution in [1.82, 2.24) is 20.8 Å². The SMILES string of the molecule is Cl.O=C(CCCc1nc(C2CC2)no1)NCC1CCCN1. The molecule has 1 atom stereocenters. The molecule has 2 N–H and O–H groups in total. The average Bonchev–Trinajstić information content (AvgIpc) is 2.99. The fourth-order valence-corrected chi connectivity index (χ4v) is 2.53. The highest BCUT2D eigenvalue weighted by molar-refractivity contribution is 5.85. The summed E-state index contributed by atoms with van der Waals surface area (Å²) in [5.41, 5.74) is 0. The number of nitrogens with one attached hydrogen (secondary N) is 2. The molecule has 21 heavy (non-hydrogen) atoms. The summed E-state index contributed by atoms with van der Waals surface area (Å²) in [5.74, 6) is 2.14. The first-order valence-corrected chi connectivity index (χ1v) is 7.64. The van der Waals surface area contributed by atoms with Crippen molar-refractivity contribution in [2.45, 2.75) is 56.9 Å². The fraction of sp³-hybridized carbons (Fsp3) is 0.786. The van der Waals surface area contributed by atoms with E-state index in [1.54, 1.807) is 0 Å². The number of hydrogen-bond acceptors (Lipinski definition) is 5. The van der Waals surface area contributed by atoms with Gasteiger partial charge in [0.05, 0.1) is 0 Å². The molecular formula is C14H23ClN4O2. The van der Waals surface area contributed by atoms with Crippen molar-refractivity contribution < 1.29 is 9.32 Å². The summed E-state index contributed by atoms with van der Waals surface area (Å²) >= 11 is 0. The second-order valence-corrected chi connectivity index (χ2v) is 5.77. The molecule has 1 aromatic heterocycles. The lowest BCUT2D eigenvalue weighted by molar-refractivity contribution is -0.121. The van der Waals surface area contributed by atoms with Crippen molar-refractivity contribution >= 4 is 18.3 Å². The molecule has 3 rings (SSSR count). The van der Waals surface area contributed by atoms with Crippen LogP contribution >= 0.6 is 12.4 Å². The van der Waals surface area contributed by atoms with Gasteiger partial charge in [-0.25, -0.2) is 0 Å². The van der Waals surface area contributed by atoms with Gasteiger partial charge in [-0.15, -0.1) is 12.4 Å². The highest BCUT2D eigenvalue weighted by Gasteiger charge is 2.28. The summed E-state index contributed by atoms with van der Waals surface area (Å²) < 4.78 is 5.19. The lowest BCUT2D eigenvalue weighted by Crippen LogP contribution is -2.37. The Bertz CT molecular complexity index is 456. The molecule has 1 saturated heterocycles. The molecule has 1 aliphatic carbocycles. The number of hydrogen-bond donors (Lipinski definition) is 2.